The average Bonchev–Trinajstić information content (AvgIpc) is 2.41. The van der Waals surface area contributed by atoms with Crippen LogP contribution in [0.25, 0.3) is 0 Å². The maximum atomic E-state index is 12.4. The number of carbonyl (C=O) groups excluding carboxylic acids is 1. The highest BCUT2D eigenvalue weighted by molar-refractivity contribution is 5.76. The van der Waals surface area contributed by atoms with Crippen molar-refractivity contribution in [2.75, 3.05) is 19.8 Å². The van der Waals surface area contributed by atoms with E-state index in [0.29, 0.717) is 19.8 Å². The summed E-state index contributed by atoms with van der Waals surface area (Å²) in [7, 11) is 0. The number of nitrogens with zero attached hydrogens (tertiary/aromatic N) is 1. The molecule has 0 aromatic carbocycles. The molecule has 1 unspecified atom stereocenters. The Morgan fingerprint density at radius 3 is 2.48 bits per heavy atom. The molecule has 1 atom stereocenters. The molecule has 1 saturated carbocycles. The molecular formula is C15H26N2O4. The molecule has 21 heavy (non-hydrogen) atoms. The van der Waals surface area contributed by atoms with E-state index in [1.165, 1.54) is 19.3 Å². The lowest BCUT2D eigenvalue weighted by Gasteiger charge is -2.36. The van der Waals surface area contributed by atoms with Gasteiger partial charge < -0.3 is 20.1 Å². The summed E-state index contributed by atoms with van der Waals surface area (Å²) in [4.78, 5) is 25.0. The van der Waals surface area contributed by atoms with Gasteiger partial charge in [-0.3, -0.25) is 4.79 Å². The number of carboxylic acids is 1. The zero-order chi connectivity index (χ0) is 15.1. The minimum absolute atomic E-state index is 0.0575. The molecule has 1 heterocycles. The molecule has 1 saturated heterocycles. The van der Waals surface area contributed by atoms with E-state index in [9.17, 15) is 9.59 Å². The smallest absolute Gasteiger partial charge is 0.318 e. The minimum atomic E-state index is -0.894. The van der Waals surface area contributed by atoms with Crippen LogP contribution in [0.1, 0.15) is 51.4 Å². The molecule has 0 bridgehead atoms. The van der Waals surface area contributed by atoms with Crippen LogP contribution in [-0.2, 0) is 9.53 Å². The second-order valence-electron chi connectivity index (χ2n) is 6.01. The molecule has 120 valence electrons. The number of urea groups is 1. The van der Waals surface area contributed by atoms with Crippen LogP contribution in [0, 0.1) is 0 Å². The van der Waals surface area contributed by atoms with Crippen molar-refractivity contribution in [3.05, 3.63) is 0 Å². The number of morpholine rings is 1. The number of ether oxygens (including phenoxy) is 1. The van der Waals surface area contributed by atoms with Gasteiger partial charge in [0, 0.05) is 12.6 Å². The van der Waals surface area contributed by atoms with Gasteiger partial charge in [-0.25, -0.2) is 4.79 Å². The standard InChI is InChI=1S/C15H26N2O4/c18-14(19)10-13-11-21-9-8-17(13)15(20)16-12-6-4-2-1-3-5-7-12/h12-13H,1-11H2,(H,16,20)(H,18,19). The third kappa shape index (κ3) is 5.19. The minimum Gasteiger partial charge on any atom is -0.481 e. The van der Waals surface area contributed by atoms with E-state index < -0.39 is 5.97 Å². The number of carbonyl (C=O) groups is 2. The molecule has 2 amide bonds. The van der Waals surface area contributed by atoms with Crippen LogP contribution < -0.4 is 5.32 Å². The fraction of sp³-hybridized carbons (Fsp3) is 0.867. The molecular weight excluding hydrogens is 272 g/mol. The largest absolute Gasteiger partial charge is 0.481 e. The fourth-order valence-corrected chi connectivity index (χ4v) is 3.15. The third-order valence-corrected chi connectivity index (χ3v) is 4.33. The summed E-state index contributed by atoms with van der Waals surface area (Å²) < 4.78 is 5.30. The van der Waals surface area contributed by atoms with Crippen molar-refractivity contribution in [3.63, 3.8) is 0 Å². The van der Waals surface area contributed by atoms with Crippen LogP contribution in [0.2, 0.25) is 0 Å². The third-order valence-electron chi connectivity index (χ3n) is 4.33. The Bertz CT molecular complexity index is 354. The van der Waals surface area contributed by atoms with Crippen molar-refractivity contribution in [2.45, 2.75) is 63.5 Å². The second kappa shape index (κ2) is 8.22. The van der Waals surface area contributed by atoms with E-state index in [4.69, 9.17) is 9.84 Å². The molecule has 1 aliphatic heterocycles. The predicted octanol–water partition coefficient (Wildman–Crippen LogP) is 1.98. The Morgan fingerprint density at radius 2 is 1.81 bits per heavy atom. The summed E-state index contributed by atoms with van der Waals surface area (Å²) >= 11 is 0. The van der Waals surface area contributed by atoms with Gasteiger partial charge in [-0.2, -0.15) is 0 Å². The molecule has 0 aromatic heterocycles. The Morgan fingerprint density at radius 1 is 1.14 bits per heavy atom. The van der Waals surface area contributed by atoms with Gasteiger partial charge in [-0.15, -0.1) is 0 Å². The van der Waals surface area contributed by atoms with E-state index >= 15 is 0 Å². The first-order valence-corrected chi connectivity index (χ1v) is 8.03. The topological polar surface area (TPSA) is 78.9 Å². The lowest BCUT2D eigenvalue weighted by Crippen LogP contribution is -2.54. The molecule has 0 radical (unpaired) electrons. The molecule has 6 nitrogen and oxygen atoms in total. The maximum absolute atomic E-state index is 12.4. The van der Waals surface area contributed by atoms with E-state index in [1.807, 2.05) is 0 Å². The molecule has 1 aliphatic carbocycles. The Labute approximate surface area is 125 Å². The number of aliphatic carboxylic acids is 1. The molecule has 2 fully saturated rings. The van der Waals surface area contributed by atoms with Crippen molar-refractivity contribution in [1.29, 1.82) is 0 Å². The number of carboxylic acid groups (broad SMARTS) is 1. The van der Waals surface area contributed by atoms with Gasteiger partial charge in [0.2, 0.25) is 0 Å². The number of nitrogens with one attached hydrogen (secondary N) is 1. The summed E-state index contributed by atoms with van der Waals surface area (Å²) in [5.41, 5.74) is 0. The molecule has 0 spiro atoms. The first-order chi connectivity index (χ1) is 10.2. The monoisotopic (exact) mass is 298 g/mol. The second-order valence-corrected chi connectivity index (χ2v) is 6.01. The Kier molecular flexibility index (Phi) is 6.29. The van der Waals surface area contributed by atoms with Crippen LogP contribution in [-0.4, -0.2) is 53.8 Å². The number of hydrogen-bond acceptors (Lipinski definition) is 3. The van der Waals surface area contributed by atoms with Crippen molar-refractivity contribution in [2.24, 2.45) is 0 Å². The molecule has 2 aliphatic rings. The lowest BCUT2D eigenvalue weighted by molar-refractivity contribution is -0.139. The van der Waals surface area contributed by atoms with Crippen LogP contribution in [0.3, 0.4) is 0 Å². The van der Waals surface area contributed by atoms with E-state index in [-0.39, 0.29) is 24.5 Å². The van der Waals surface area contributed by atoms with E-state index in [2.05, 4.69) is 5.32 Å². The number of hydrogen-bond donors (Lipinski definition) is 2. The Balaban J connectivity index is 1.88. The van der Waals surface area contributed by atoms with Crippen LogP contribution in [0.5, 0.6) is 0 Å². The highest BCUT2D eigenvalue weighted by Gasteiger charge is 2.30. The molecule has 2 rings (SSSR count). The van der Waals surface area contributed by atoms with Crippen molar-refractivity contribution >= 4 is 12.0 Å². The van der Waals surface area contributed by atoms with Gasteiger partial charge in [-0.1, -0.05) is 32.1 Å². The zero-order valence-electron chi connectivity index (χ0n) is 12.6. The van der Waals surface area contributed by atoms with Gasteiger partial charge in [0.15, 0.2) is 0 Å². The van der Waals surface area contributed by atoms with Crippen LogP contribution in [0.4, 0.5) is 4.79 Å². The average molecular weight is 298 g/mol. The highest BCUT2D eigenvalue weighted by atomic mass is 16.5. The zero-order valence-corrected chi connectivity index (χ0v) is 12.6. The molecule has 2 N–H and O–H groups in total. The summed E-state index contributed by atoms with van der Waals surface area (Å²) in [6, 6.07) is -0.258. The first-order valence-electron chi connectivity index (χ1n) is 8.03. The SMILES string of the molecule is O=C(O)CC1COCCN1C(=O)NC1CCCCCCC1. The predicted molar refractivity (Wildman–Crippen MR) is 78.2 cm³/mol. The van der Waals surface area contributed by atoms with Gasteiger partial charge in [0.05, 0.1) is 25.7 Å². The molecule has 0 aromatic rings. The van der Waals surface area contributed by atoms with Gasteiger partial charge in [0.1, 0.15) is 0 Å². The van der Waals surface area contributed by atoms with Gasteiger partial charge >= 0.3 is 12.0 Å². The molecule has 6 heteroatoms. The van der Waals surface area contributed by atoms with E-state index in [1.54, 1.807) is 4.90 Å². The lowest BCUT2D eigenvalue weighted by atomic mass is 9.97. The van der Waals surface area contributed by atoms with Gasteiger partial charge in [0.25, 0.3) is 0 Å². The van der Waals surface area contributed by atoms with E-state index in [0.717, 1.165) is 25.7 Å². The van der Waals surface area contributed by atoms with Gasteiger partial charge in [-0.05, 0) is 12.8 Å². The summed E-state index contributed by atoms with van der Waals surface area (Å²) in [6.45, 7) is 1.26. The quantitative estimate of drug-likeness (QED) is 0.835. The van der Waals surface area contributed by atoms with Crippen LogP contribution >= 0.6 is 0 Å². The maximum Gasteiger partial charge on any atom is 0.318 e. The fourth-order valence-electron chi connectivity index (χ4n) is 3.15. The summed E-state index contributed by atoms with van der Waals surface area (Å²) in [5.74, 6) is -0.894. The summed E-state index contributed by atoms with van der Waals surface area (Å²) in [5, 5.41) is 12.0. The van der Waals surface area contributed by atoms with Crippen LogP contribution in [0.15, 0.2) is 0 Å². The normalized spacial score (nSPS) is 25.0. The van der Waals surface area contributed by atoms with Crippen molar-refractivity contribution in [3.8, 4) is 0 Å². The van der Waals surface area contributed by atoms with Crippen molar-refractivity contribution in [1.82, 2.24) is 10.2 Å². The number of amides is 2. The first kappa shape index (κ1) is 16.1. The summed E-state index contributed by atoms with van der Waals surface area (Å²) in [6.07, 6.45) is 8.10. The highest BCUT2D eigenvalue weighted by Crippen LogP contribution is 2.18. The Hall–Kier alpha value is -1.30. The van der Waals surface area contributed by atoms with Crippen molar-refractivity contribution < 1.29 is 19.4 Å². The number of rotatable bonds is 3.